The zero-order valence-corrected chi connectivity index (χ0v) is 35.2. The van der Waals surface area contributed by atoms with Crippen molar-refractivity contribution in [2.75, 3.05) is 44.6 Å². The molecule has 3 heterocycles. The molecular formula is C51H44N4O8. The number of carboxylic acid groups (broad SMARTS) is 1. The minimum atomic E-state index is -1.25. The van der Waals surface area contributed by atoms with Crippen molar-refractivity contribution in [2.24, 2.45) is 4.99 Å². The lowest BCUT2D eigenvalue weighted by molar-refractivity contribution is 0.0535. The quantitative estimate of drug-likeness (QED) is 0.127. The molecule has 5 aliphatic rings. The highest BCUT2D eigenvalue weighted by atomic mass is 16.4. The minimum absolute atomic E-state index is 0.0586. The molecule has 0 bridgehead atoms. The fraction of sp³-hybridized carbons (Fsp3) is 0.196. The number of carboxylic acids is 1. The summed E-state index contributed by atoms with van der Waals surface area (Å²) in [6.45, 7) is 10.5. The van der Waals surface area contributed by atoms with Crippen molar-refractivity contribution in [3.63, 3.8) is 0 Å². The fourth-order valence-corrected chi connectivity index (χ4v) is 8.78. The number of aromatic carboxylic acids is 1. The Bertz CT molecular complexity index is 3230. The van der Waals surface area contributed by atoms with E-state index < -0.39 is 5.97 Å². The number of phenolic OH excluding ortho intramolecular Hbond substituents is 1. The number of hydrogen-bond acceptors (Lipinski definition) is 9. The molecule has 0 aromatic heterocycles. The van der Waals surface area contributed by atoms with Crippen LogP contribution in [0.4, 0.5) is 5.69 Å². The van der Waals surface area contributed by atoms with Crippen molar-refractivity contribution in [1.82, 2.24) is 9.80 Å². The average Bonchev–Trinajstić information content (AvgIpc) is 3.28. The number of carbonyl (C=O) groups excluding carboxylic acids is 2. The summed E-state index contributed by atoms with van der Waals surface area (Å²) in [5, 5.41) is 26.4. The van der Waals surface area contributed by atoms with Gasteiger partial charge in [-0.2, -0.15) is 0 Å². The SMILES string of the molecule is CC/N=c1\cc2oc3cc(NCC)c(C)cc3c(-c3ccccc3C(=O)N3CCN(C(=O)c4ccc(-c5c6ccc(=O)cc-6oc6cc(O)ccc56)c(C(=O)O)c4)CC3)c-2cc1C. The Morgan fingerprint density at radius 3 is 2.06 bits per heavy atom. The van der Waals surface area contributed by atoms with Crippen molar-refractivity contribution in [3.05, 3.63) is 147 Å². The van der Waals surface area contributed by atoms with Crippen LogP contribution in [0.15, 0.2) is 122 Å². The molecule has 12 nitrogen and oxygen atoms in total. The molecule has 1 fully saturated rings. The second kappa shape index (κ2) is 16.3. The molecule has 4 aromatic carbocycles. The minimum Gasteiger partial charge on any atom is -0.508 e. The molecule has 0 radical (unpaired) electrons. The molecule has 0 spiro atoms. The number of fused-ring (bicyclic) bond motifs is 4. The summed E-state index contributed by atoms with van der Waals surface area (Å²) in [7, 11) is 0. The van der Waals surface area contributed by atoms with E-state index in [0.29, 0.717) is 45.5 Å². The third kappa shape index (κ3) is 7.33. The zero-order valence-electron chi connectivity index (χ0n) is 35.2. The highest BCUT2D eigenvalue weighted by Crippen LogP contribution is 2.44. The molecule has 3 N–H and O–H groups in total. The number of aryl methyl sites for hydroxylation is 2. The molecule has 4 aromatic rings. The van der Waals surface area contributed by atoms with Gasteiger partial charge in [0.15, 0.2) is 5.43 Å². The van der Waals surface area contributed by atoms with Crippen molar-refractivity contribution >= 4 is 45.4 Å². The summed E-state index contributed by atoms with van der Waals surface area (Å²) in [5.41, 5.74) is 8.06. The van der Waals surface area contributed by atoms with Gasteiger partial charge in [0.1, 0.15) is 28.4 Å². The molecule has 1 saturated heterocycles. The van der Waals surface area contributed by atoms with E-state index in [1.54, 1.807) is 34.1 Å². The fourth-order valence-electron chi connectivity index (χ4n) is 8.78. The van der Waals surface area contributed by atoms with E-state index in [9.17, 15) is 29.4 Å². The highest BCUT2D eigenvalue weighted by Gasteiger charge is 2.30. The van der Waals surface area contributed by atoms with Crippen LogP contribution in [0.3, 0.4) is 0 Å². The Hall–Kier alpha value is -7.73. The maximum absolute atomic E-state index is 14.6. The van der Waals surface area contributed by atoms with Crippen molar-refractivity contribution in [1.29, 1.82) is 0 Å². The molecule has 9 rings (SSSR count). The summed E-state index contributed by atoms with van der Waals surface area (Å²) < 4.78 is 12.5. The lowest BCUT2D eigenvalue weighted by Gasteiger charge is -2.35. The van der Waals surface area contributed by atoms with E-state index in [4.69, 9.17) is 13.8 Å². The molecule has 316 valence electrons. The molecule has 0 unspecified atom stereocenters. The van der Waals surface area contributed by atoms with E-state index in [2.05, 4.69) is 24.4 Å². The van der Waals surface area contributed by atoms with Gasteiger partial charge in [0, 0.05) is 113 Å². The van der Waals surface area contributed by atoms with E-state index >= 15 is 0 Å². The van der Waals surface area contributed by atoms with Gasteiger partial charge in [-0.25, -0.2) is 4.79 Å². The van der Waals surface area contributed by atoms with Gasteiger partial charge in [0.05, 0.1) is 10.9 Å². The molecule has 12 heteroatoms. The maximum atomic E-state index is 14.6. The van der Waals surface area contributed by atoms with E-state index in [1.165, 1.54) is 30.3 Å². The van der Waals surface area contributed by atoms with Gasteiger partial charge in [-0.05, 0) is 105 Å². The first-order chi connectivity index (χ1) is 30.4. The van der Waals surface area contributed by atoms with Gasteiger partial charge < -0.3 is 34.2 Å². The Morgan fingerprint density at radius 2 is 1.33 bits per heavy atom. The van der Waals surface area contributed by atoms with Crippen LogP contribution >= 0.6 is 0 Å². The Kier molecular flexibility index (Phi) is 10.5. The number of benzene rings is 6. The van der Waals surface area contributed by atoms with Crippen LogP contribution in [0.25, 0.3) is 66.8 Å². The van der Waals surface area contributed by atoms with E-state index in [0.717, 1.165) is 50.8 Å². The van der Waals surface area contributed by atoms with Crippen molar-refractivity contribution in [2.45, 2.75) is 27.7 Å². The summed E-state index contributed by atoms with van der Waals surface area (Å²) in [4.78, 5) is 61.9. The standard InChI is InChI=1S/C51H44N4O8/c1-5-52-41-26-45-39(21-28(41)3)48(40-22-29(4)42(53-6-2)27-46(40)63-45)33-9-7-8-10-35(33)50(59)55-19-17-54(18-20-55)49(58)30-11-14-34(38(23-30)51(60)61)47-36-15-12-31(56)24-43(36)62-44-25-32(57)13-16-37(44)47/h7-16,21-27,52,56H,5-6,17-20H2,1-4H3,(H,60,61)/b53-42+. The van der Waals surface area contributed by atoms with Gasteiger partial charge in [-0.15, -0.1) is 0 Å². The number of piperazine rings is 1. The lowest BCUT2D eigenvalue weighted by atomic mass is 9.89. The zero-order chi connectivity index (χ0) is 44.1. The van der Waals surface area contributed by atoms with Crippen LogP contribution in [-0.4, -0.2) is 77.1 Å². The van der Waals surface area contributed by atoms with Crippen molar-refractivity contribution < 1.29 is 33.4 Å². The predicted octanol–water partition coefficient (Wildman–Crippen LogP) is 9.05. The first-order valence-electron chi connectivity index (χ1n) is 21.0. The monoisotopic (exact) mass is 840 g/mol. The summed E-state index contributed by atoms with van der Waals surface area (Å²) in [5.74, 6) is -0.949. The molecule has 0 atom stereocenters. The van der Waals surface area contributed by atoms with Gasteiger partial charge in [0.2, 0.25) is 0 Å². The third-order valence-electron chi connectivity index (χ3n) is 11.8. The number of hydrogen-bond donors (Lipinski definition) is 3. The number of anilines is 1. The highest BCUT2D eigenvalue weighted by molar-refractivity contribution is 6.11. The smallest absolute Gasteiger partial charge is 0.336 e. The molecule has 3 aliphatic heterocycles. The number of nitrogens with one attached hydrogen (secondary N) is 1. The van der Waals surface area contributed by atoms with Crippen LogP contribution in [0.5, 0.6) is 5.75 Å². The first kappa shape index (κ1) is 40.7. The number of phenols is 1. The molecule has 0 saturated carbocycles. The maximum Gasteiger partial charge on any atom is 0.336 e. The third-order valence-corrected chi connectivity index (χ3v) is 11.8. The van der Waals surface area contributed by atoms with Crippen molar-refractivity contribution in [3.8, 4) is 50.7 Å². The van der Waals surface area contributed by atoms with Gasteiger partial charge in [-0.3, -0.25) is 19.4 Å². The van der Waals surface area contributed by atoms with Crippen LogP contribution in [0.1, 0.15) is 56.0 Å². The van der Waals surface area contributed by atoms with Gasteiger partial charge >= 0.3 is 5.97 Å². The summed E-state index contributed by atoms with van der Waals surface area (Å²) in [6.07, 6.45) is 0. The first-order valence-corrected chi connectivity index (χ1v) is 21.0. The number of aromatic hydroxyl groups is 1. The predicted molar refractivity (Wildman–Crippen MR) is 243 cm³/mol. The second-order valence-corrected chi connectivity index (χ2v) is 15.8. The van der Waals surface area contributed by atoms with E-state index in [-0.39, 0.29) is 71.6 Å². The Balaban J connectivity index is 1.03. The Labute approximate surface area is 362 Å². The van der Waals surface area contributed by atoms with Gasteiger partial charge in [0.25, 0.3) is 11.8 Å². The van der Waals surface area contributed by atoms with Crippen LogP contribution < -0.4 is 16.1 Å². The topological polar surface area (TPSA) is 166 Å². The molecular weight excluding hydrogens is 797 g/mol. The molecule has 63 heavy (non-hydrogen) atoms. The Morgan fingerprint density at radius 1 is 0.667 bits per heavy atom. The second-order valence-electron chi connectivity index (χ2n) is 15.8. The number of nitrogens with zero attached hydrogens (tertiary/aromatic N) is 3. The molecule has 2 aliphatic carbocycles. The largest absolute Gasteiger partial charge is 0.508 e. The lowest BCUT2D eigenvalue weighted by Crippen LogP contribution is -2.50. The normalized spacial score (nSPS) is 13.4. The number of amides is 2. The van der Waals surface area contributed by atoms with E-state index in [1.807, 2.05) is 57.2 Å². The van der Waals surface area contributed by atoms with Crippen LogP contribution in [0, 0.1) is 13.8 Å². The van der Waals surface area contributed by atoms with Gasteiger partial charge in [-0.1, -0.05) is 24.3 Å². The number of rotatable bonds is 8. The van der Waals surface area contributed by atoms with Crippen LogP contribution in [0.2, 0.25) is 0 Å². The molecule has 2 amide bonds. The average molecular weight is 841 g/mol. The van der Waals surface area contributed by atoms with Crippen LogP contribution in [-0.2, 0) is 0 Å². The number of carbonyl (C=O) groups is 3. The summed E-state index contributed by atoms with van der Waals surface area (Å²) >= 11 is 0. The summed E-state index contributed by atoms with van der Waals surface area (Å²) in [6, 6.07) is 29.1.